The van der Waals surface area contributed by atoms with Crippen LogP contribution in [0.3, 0.4) is 0 Å². The molecule has 0 bridgehead atoms. The average Bonchev–Trinajstić information content (AvgIpc) is 2.29. The van der Waals surface area contributed by atoms with Gasteiger partial charge in [0.25, 0.3) is 0 Å². The quantitative estimate of drug-likeness (QED) is 0.792. The molecule has 1 fully saturated rings. The summed E-state index contributed by atoms with van der Waals surface area (Å²) < 4.78 is 0. The van der Waals surface area contributed by atoms with Gasteiger partial charge in [0.05, 0.1) is 12.4 Å². The summed E-state index contributed by atoms with van der Waals surface area (Å²) in [5.41, 5.74) is 5.64. The summed E-state index contributed by atoms with van der Waals surface area (Å²) >= 11 is 0. The molecule has 0 radical (unpaired) electrons. The SMILES string of the molecule is CCN1CCN(c2cncc(N)n2)CC1C. The molecule has 5 nitrogen and oxygen atoms in total. The summed E-state index contributed by atoms with van der Waals surface area (Å²) in [6.07, 6.45) is 3.36. The number of likely N-dealkylation sites (N-methyl/N-ethyl adjacent to an activating group) is 1. The number of rotatable bonds is 2. The van der Waals surface area contributed by atoms with Gasteiger partial charge in [-0.25, -0.2) is 4.98 Å². The zero-order valence-corrected chi connectivity index (χ0v) is 9.93. The lowest BCUT2D eigenvalue weighted by molar-refractivity contribution is 0.199. The fourth-order valence-corrected chi connectivity index (χ4v) is 2.20. The molecule has 5 heteroatoms. The molecular formula is C11H19N5. The van der Waals surface area contributed by atoms with E-state index in [1.165, 1.54) is 0 Å². The Kier molecular flexibility index (Phi) is 3.24. The van der Waals surface area contributed by atoms with Crippen molar-refractivity contribution < 1.29 is 0 Å². The smallest absolute Gasteiger partial charge is 0.149 e. The van der Waals surface area contributed by atoms with Crippen LogP contribution in [-0.4, -0.2) is 47.1 Å². The molecule has 1 atom stereocenters. The lowest BCUT2D eigenvalue weighted by Gasteiger charge is -2.39. The minimum absolute atomic E-state index is 0.489. The van der Waals surface area contributed by atoms with E-state index >= 15 is 0 Å². The van der Waals surface area contributed by atoms with Crippen molar-refractivity contribution in [3.8, 4) is 0 Å². The summed E-state index contributed by atoms with van der Waals surface area (Å²) in [5.74, 6) is 1.38. The number of hydrogen-bond acceptors (Lipinski definition) is 5. The number of nitrogens with zero attached hydrogens (tertiary/aromatic N) is 4. The number of nitrogens with two attached hydrogens (primary N) is 1. The van der Waals surface area contributed by atoms with Crippen molar-refractivity contribution in [1.82, 2.24) is 14.9 Å². The van der Waals surface area contributed by atoms with Crippen LogP contribution < -0.4 is 10.6 Å². The summed E-state index contributed by atoms with van der Waals surface area (Å²) in [4.78, 5) is 13.1. The van der Waals surface area contributed by atoms with Crippen LogP contribution in [0.25, 0.3) is 0 Å². The van der Waals surface area contributed by atoms with E-state index in [0.717, 1.165) is 32.0 Å². The summed E-state index contributed by atoms with van der Waals surface area (Å²) in [5, 5.41) is 0. The van der Waals surface area contributed by atoms with E-state index in [1.54, 1.807) is 12.4 Å². The summed E-state index contributed by atoms with van der Waals surface area (Å²) in [6, 6.07) is 0.557. The molecule has 1 aliphatic rings. The van der Waals surface area contributed by atoms with Gasteiger partial charge in [-0.1, -0.05) is 6.92 Å². The molecule has 1 aliphatic heterocycles. The first-order valence-electron chi connectivity index (χ1n) is 5.77. The molecular weight excluding hydrogens is 202 g/mol. The van der Waals surface area contributed by atoms with Crippen molar-refractivity contribution in [1.29, 1.82) is 0 Å². The standard InChI is InChI=1S/C11H19N5/c1-3-15-4-5-16(8-9(15)2)11-7-13-6-10(12)14-11/h6-7,9H,3-5,8H2,1-2H3,(H2,12,14). The molecule has 1 aromatic rings. The van der Waals surface area contributed by atoms with Crippen molar-refractivity contribution >= 4 is 11.6 Å². The highest BCUT2D eigenvalue weighted by atomic mass is 15.3. The van der Waals surface area contributed by atoms with Crippen LogP contribution in [0.1, 0.15) is 13.8 Å². The average molecular weight is 221 g/mol. The Bertz CT molecular complexity index is 354. The van der Waals surface area contributed by atoms with Crippen LogP contribution in [0.15, 0.2) is 12.4 Å². The predicted molar refractivity (Wildman–Crippen MR) is 65.4 cm³/mol. The van der Waals surface area contributed by atoms with Gasteiger partial charge in [0.1, 0.15) is 11.6 Å². The van der Waals surface area contributed by atoms with E-state index < -0.39 is 0 Å². The lowest BCUT2D eigenvalue weighted by atomic mass is 10.2. The number of piperazine rings is 1. The molecule has 0 aliphatic carbocycles. The fraction of sp³-hybridized carbons (Fsp3) is 0.636. The second kappa shape index (κ2) is 4.65. The molecule has 0 spiro atoms. The Labute approximate surface area is 96.3 Å². The van der Waals surface area contributed by atoms with E-state index in [2.05, 4.69) is 33.6 Å². The van der Waals surface area contributed by atoms with Gasteiger partial charge in [0.2, 0.25) is 0 Å². The normalized spacial score (nSPS) is 22.4. The maximum Gasteiger partial charge on any atom is 0.149 e. The number of anilines is 2. The Balaban J connectivity index is 2.07. The van der Waals surface area contributed by atoms with E-state index in [9.17, 15) is 0 Å². The molecule has 1 aromatic heterocycles. The molecule has 2 N–H and O–H groups in total. The van der Waals surface area contributed by atoms with Gasteiger partial charge in [-0.15, -0.1) is 0 Å². The minimum Gasteiger partial charge on any atom is -0.382 e. The van der Waals surface area contributed by atoms with Crippen molar-refractivity contribution in [2.75, 3.05) is 36.8 Å². The van der Waals surface area contributed by atoms with Gasteiger partial charge in [0.15, 0.2) is 0 Å². The zero-order chi connectivity index (χ0) is 11.5. The topological polar surface area (TPSA) is 58.3 Å². The maximum absolute atomic E-state index is 5.64. The second-order valence-corrected chi connectivity index (χ2v) is 4.23. The molecule has 0 amide bonds. The Morgan fingerprint density at radius 2 is 2.25 bits per heavy atom. The van der Waals surface area contributed by atoms with Crippen LogP contribution >= 0.6 is 0 Å². The minimum atomic E-state index is 0.489. The molecule has 88 valence electrons. The van der Waals surface area contributed by atoms with Crippen LogP contribution in [0.4, 0.5) is 11.6 Å². The predicted octanol–water partition coefficient (Wildman–Crippen LogP) is 0.589. The molecule has 1 unspecified atom stereocenters. The van der Waals surface area contributed by atoms with E-state index in [0.29, 0.717) is 11.9 Å². The van der Waals surface area contributed by atoms with Crippen molar-refractivity contribution in [2.24, 2.45) is 0 Å². The van der Waals surface area contributed by atoms with Gasteiger partial charge >= 0.3 is 0 Å². The van der Waals surface area contributed by atoms with Crippen LogP contribution in [0, 0.1) is 0 Å². The zero-order valence-electron chi connectivity index (χ0n) is 9.93. The van der Waals surface area contributed by atoms with E-state index in [-0.39, 0.29) is 0 Å². The first-order chi connectivity index (χ1) is 7.70. The van der Waals surface area contributed by atoms with Gasteiger partial charge in [-0.2, -0.15) is 0 Å². The fourth-order valence-electron chi connectivity index (χ4n) is 2.20. The van der Waals surface area contributed by atoms with Gasteiger partial charge in [0, 0.05) is 25.7 Å². The van der Waals surface area contributed by atoms with Crippen molar-refractivity contribution in [3.63, 3.8) is 0 Å². The van der Waals surface area contributed by atoms with Gasteiger partial charge < -0.3 is 10.6 Å². The number of nitrogen functional groups attached to an aromatic ring is 1. The van der Waals surface area contributed by atoms with Gasteiger partial charge in [-0.3, -0.25) is 9.88 Å². The lowest BCUT2D eigenvalue weighted by Crippen LogP contribution is -2.52. The third-order valence-electron chi connectivity index (χ3n) is 3.14. The highest BCUT2D eigenvalue weighted by Crippen LogP contribution is 2.16. The Morgan fingerprint density at radius 3 is 2.88 bits per heavy atom. The molecule has 0 saturated carbocycles. The Morgan fingerprint density at radius 1 is 1.44 bits per heavy atom. The summed E-state index contributed by atoms with van der Waals surface area (Å²) in [7, 11) is 0. The monoisotopic (exact) mass is 221 g/mol. The molecule has 2 rings (SSSR count). The van der Waals surface area contributed by atoms with Gasteiger partial charge in [-0.05, 0) is 13.5 Å². The van der Waals surface area contributed by atoms with Crippen molar-refractivity contribution in [3.05, 3.63) is 12.4 Å². The molecule has 1 saturated heterocycles. The van der Waals surface area contributed by atoms with E-state index in [4.69, 9.17) is 5.73 Å². The summed E-state index contributed by atoms with van der Waals surface area (Å²) in [6.45, 7) is 8.62. The number of aromatic nitrogens is 2. The van der Waals surface area contributed by atoms with Crippen LogP contribution in [0.2, 0.25) is 0 Å². The Hall–Kier alpha value is -1.36. The number of hydrogen-bond donors (Lipinski definition) is 1. The highest BCUT2D eigenvalue weighted by Gasteiger charge is 2.23. The third-order valence-corrected chi connectivity index (χ3v) is 3.14. The van der Waals surface area contributed by atoms with E-state index in [1.807, 2.05) is 0 Å². The first kappa shape index (κ1) is 11.1. The molecule has 16 heavy (non-hydrogen) atoms. The van der Waals surface area contributed by atoms with Crippen LogP contribution in [-0.2, 0) is 0 Å². The first-order valence-corrected chi connectivity index (χ1v) is 5.77. The largest absolute Gasteiger partial charge is 0.382 e. The third kappa shape index (κ3) is 2.24. The maximum atomic E-state index is 5.64. The molecule has 0 aromatic carbocycles. The second-order valence-electron chi connectivity index (χ2n) is 4.23. The van der Waals surface area contributed by atoms with Crippen molar-refractivity contribution in [2.45, 2.75) is 19.9 Å². The molecule has 2 heterocycles. The van der Waals surface area contributed by atoms with Crippen LogP contribution in [0.5, 0.6) is 0 Å². The highest BCUT2D eigenvalue weighted by molar-refractivity contribution is 5.42.